The molecule has 4 aliphatic heterocycles. The number of piperidine rings is 3. The molecule has 3 nitrogen and oxygen atoms in total. The lowest BCUT2D eigenvalue weighted by atomic mass is 9.75. The summed E-state index contributed by atoms with van der Waals surface area (Å²) in [5.41, 5.74) is 1.11. The van der Waals surface area contributed by atoms with E-state index in [9.17, 15) is 13.6 Å². The average Bonchev–Trinajstić information content (AvgIpc) is 3.33. The van der Waals surface area contributed by atoms with Gasteiger partial charge in [0, 0.05) is 23.9 Å². The Kier molecular flexibility index (Phi) is 3.87. The minimum atomic E-state index is -0.808. The lowest BCUT2D eigenvalue weighted by Crippen LogP contribution is -2.60. The number of halogens is 2. The summed E-state index contributed by atoms with van der Waals surface area (Å²) in [6, 6.07) is 6.44. The summed E-state index contributed by atoms with van der Waals surface area (Å²) in [5.74, 6) is -1.27. The number of hydrogen-bond donors (Lipinski definition) is 0. The van der Waals surface area contributed by atoms with Crippen LogP contribution in [0.15, 0.2) is 35.0 Å². The molecule has 0 unspecified atom stereocenters. The van der Waals surface area contributed by atoms with Crippen LogP contribution in [-0.2, 0) is 0 Å². The van der Waals surface area contributed by atoms with Gasteiger partial charge in [-0.15, -0.1) is 0 Å². The SMILES string of the molecule is O=C(c1ccsc1)N1C[C@H](c2cccc(F)c2F)[C@H]2[C@@H]1C1CCN2CC1. The van der Waals surface area contributed by atoms with Gasteiger partial charge in [-0.3, -0.25) is 9.69 Å². The molecule has 2 aromatic rings. The van der Waals surface area contributed by atoms with Gasteiger partial charge in [0.2, 0.25) is 0 Å². The summed E-state index contributed by atoms with van der Waals surface area (Å²) in [4.78, 5) is 17.4. The van der Waals surface area contributed by atoms with Gasteiger partial charge in [-0.25, -0.2) is 8.78 Å². The molecule has 136 valence electrons. The van der Waals surface area contributed by atoms with Crippen molar-refractivity contribution in [2.45, 2.75) is 30.8 Å². The van der Waals surface area contributed by atoms with Crippen molar-refractivity contribution >= 4 is 17.2 Å². The molecule has 0 saturated carbocycles. The Morgan fingerprint density at radius 1 is 1.12 bits per heavy atom. The van der Waals surface area contributed by atoms with Gasteiger partial charge < -0.3 is 4.90 Å². The number of amides is 1. The van der Waals surface area contributed by atoms with E-state index in [0.717, 1.165) is 32.0 Å². The van der Waals surface area contributed by atoms with E-state index in [1.165, 1.54) is 11.3 Å². The molecular weight excluding hydrogens is 354 g/mol. The number of rotatable bonds is 2. The first-order chi connectivity index (χ1) is 12.6. The third kappa shape index (κ3) is 2.35. The van der Waals surface area contributed by atoms with Gasteiger partial charge in [-0.1, -0.05) is 12.1 Å². The predicted molar refractivity (Wildman–Crippen MR) is 96.3 cm³/mol. The smallest absolute Gasteiger partial charge is 0.255 e. The van der Waals surface area contributed by atoms with Gasteiger partial charge in [0.15, 0.2) is 11.6 Å². The second-order valence-corrected chi connectivity index (χ2v) is 8.35. The van der Waals surface area contributed by atoms with E-state index in [2.05, 4.69) is 4.90 Å². The van der Waals surface area contributed by atoms with Crippen molar-refractivity contribution in [2.24, 2.45) is 5.92 Å². The molecule has 6 rings (SSSR count). The molecule has 1 amide bonds. The number of nitrogens with zero attached hydrogens (tertiary/aromatic N) is 2. The molecule has 0 N–H and O–H groups in total. The Hall–Kier alpha value is -1.79. The van der Waals surface area contributed by atoms with Crippen LogP contribution >= 0.6 is 11.3 Å². The number of carbonyl (C=O) groups excluding carboxylic acids is 1. The van der Waals surface area contributed by atoms with E-state index in [-0.39, 0.29) is 23.9 Å². The molecule has 0 spiro atoms. The Balaban J connectivity index is 1.57. The molecule has 1 aromatic carbocycles. The topological polar surface area (TPSA) is 23.6 Å². The lowest BCUT2D eigenvalue weighted by Gasteiger charge is -2.51. The van der Waals surface area contributed by atoms with Gasteiger partial charge in [0.05, 0.1) is 11.6 Å². The molecule has 1 aromatic heterocycles. The summed E-state index contributed by atoms with van der Waals surface area (Å²) in [6.07, 6.45) is 2.15. The summed E-state index contributed by atoms with van der Waals surface area (Å²) >= 11 is 1.51. The highest BCUT2D eigenvalue weighted by Gasteiger charge is 2.55. The summed E-state index contributed by atoms with van der Waals surface area (Å²) in [6.45, 7) is 2.43. The zero-order valence-electron chi connectivity index (χ0n) is 14.3. The number of likely N-dealkylation sites (tertiary alicyclic amines) is 1. The monoisotopic (exact) mass is 374 g/mol. The van der Waals surface area contributed by atoms with Crippen LogP contribution in [-0.4, -0.2) is 47.4 Å². The first kappa shape index (κ1) is 16.4. The van der Waals surface area contributed by atoms with E-state index in [4.69, 9.17) is 0 Å². The van der Waals surface area contributed by atoms with Crippen molar-refractivity contribution in [3.63, 3.8) is 0 Å². The molecule has 5 heterocycles. The van der Waals surface area contributed by atoms with Crippen LogP contribution in [0.4, 0.5) is 8.78 Å². The summed E-state index contributed by atoms with van der Waals surface area (Å²) in [7, 11) is 0. The fourth-order valence-electron chi connectivity index (χ4n) is 5.29. The molecule has 0 aliphatic carbocycles. The fraction of sp³-hybridized carbons (Fsp3) is 0.450. The van der Waals surface area contributed by atoms with Crippen LogP contribution in [0.1, 0.15) is 34.7 Å². The van der Waals surface area contributed by atoms with Crippen LogP contribution < -0.4 is 0 Å². The van der Waals surface area contributed by atoms with Gasteiger partial charge in [0.25, 0.3) is 5.91 Å². The minimum absolute atomic E-state index is 0.0225. The second kappa shape index (κ2) is 6.13. The number of fused-ring (bicyclic) bond motifs is 2. The van der Waals surface area contributed by atoms with Crippen LogP contribution in [0.5, 0.6) is 0 Å². The first-order valence-electron chi connectivity index (χ1n) is 9.16. The van der Waals surface area contributed by atoms with E-state index >= 15 is 0 Å². The van der Waals surface area contributed by atoms with Crippen LogP contribution in [0.2, 0.25) is 0 Å². The molecular formula is C20H20F2N2OS. The van der Waals surface area contributed by atoms with Crippen LogP contribution in [0.3, 0.4) is 0 Å². The lowest BCUT2D eigenvalue weighted by molar-refractivity contribution is -0.00357. The number of thiophene rings is 1. The van der Waals surface area contributed by atoms with Crippen LogP contribution in [0, 0.1) is 17.6 Å². The zero-order chi connectivity index (χ0) is 17.8. The quantitative estimate of drug-likeness (QED) is 0.800. The van der Waals surface area contributed by atoms with Crippen molar-refractivity contribution in [1.82, 2.24) is 9.80 Å². The zero-order valence-corrected chi connectivity index (χ0v) is 15.1. The number of carbonyl (C=O) groups is 1. The molecule has 0 radical (unpaired) electrons. The molecule has 4 saturated heterocycles. The Morgan fingerprint density at radius 2 is 1.92 bits per heavy atom. The first-order valence-corrected chi connectivity index (χ1v) is 10.1. The fourth-order valence-corrected chi connectivity index (χ4v) is 5.92. The maximum atomic E-state index is 14.6. The van der Waals surface area contributed by atoms with Gasteiger partial charge in [-0.2, -0.15) is 11.3 Å². The van der Waals surface area contributed by atoms with E-state index < -0.39 is 11.6 Å². The highest BCUT2D eigenvalue weighted by atomic mass is 32.1. The maximum Gasteiger partial charge on any atom is 0.255 e. The van der Waals surface area contributed by atoms with Crippen molar-refractivity contribution in [2.75, 3.05) is 19.6 Å². The van der Waals surface area contributed by atoms with Gasteiger partial charge >= 0.3 is 0 Å². The number of hydrogen-bond acceptors (Lipinski definition) is 3. The molecule has 6 heteroatoms. The van der Waals surface area contributed by atoms with Crippen molar-refractivity contribution in [3.05, 3.63) is 57.8 Å². The normalized spacial score (nSPS) is 32.7. The van der Waals surface area contributed by atoms with E-state index in [0.29, 0.717) is 23.6 Å². The summed E-state index contributed by atoms with van der Waals surface area (Å²) in [5, 5.41) is 3.77. The second-order valence-electron chi connectivity index (χ2n) is 7.57. The Labute approximate surface area is 155 Å². The van der Waals surface area contributed by atoms with Crippen molar-refractivity contribution in [3.8, 4) is 0 Å². The van der Waals surface area contributed by atoms with Gasteiger partial charge in [-0.05, 0) is 54.9 Å². The summed E-state index contributed by atoms with van der Waals surface area (Å²) < 4.78 is 28.4. The Morgan fingerprint density at radius 3 is 2.65 bits per heavy atom. The van der Waals surface area contributed by atoms with Crippen LogP contribution in [0.25, 0.3) is 0 Å². The molecule has 26 heavy (non-hydrogen) atoms. The van der Waals surface area contributed by atoms with Crippen molar-refractivity contribution < 1.29 is 13.6 Å². The number of benzene rings is 1. The highest BCUT2D eigenvalue weighted by Crippen LogP contribution is 2.47. The molecule has 4 aliphatic rings. The molecule has 4 fully saturated rings. The third-order valence-electron chi connectivity index (χ3n) is 6.40. The highest BCUT2D eigenvalue weighted by molar-refractivity contribution is 7.08. The maximum absolute atomic E-state index is 14.6. The molecule has 2 bridgehead atoms. The third-order valence-corrected chi connectivity index (χ3v) is 7.09. The predicted octanol–water partition coefficient (Wildman–Crippen LogP) is 3.73. The van der Waals surface area contributed by atoms with Crippen molar-refractivity contribution in [1.29, 1.82) is 0 Å². The average molecular weight is 374 g/mol. The Bertz CT molecular complexity index is 832. The largest absolute Gasteiger partial charge is 0.333 e. The van der Waals surface area contributed by atoms with E-state index in [1.807, 2.05) is 21.7 Å². The molecule has 3 atom stereocenters. The standard InChI is InChI=1S/C20H20F2N2OS/c21-16-3-1-2-14(17(16)22)15-10-24(20(25)13-6-9-26-11-13)18-12-4-7-23(8-5-12)19(15)18/h1-3,6,9,11-12,15,18-19H,4-5,7-8,10H2/t15-,18+,19+/m1/s1. The van der Waals surface area contributed by atoms with Gasteiger partial charge in [0.1, 0.15) is 0 Å². The minimum Gasteiger partial charge on any atom is -0.333 e. The van der Waals surface area contributed by atoms with E-state index in [1.54, 1.807) is 12.1 Å².